The monoisotopic (exact) mass is 143 g/mol. The maximum Gasteiger partial charge on any atom is 0.0746 e. The van der Waals surface area contributed by atoms with Crippen molar-refractivity contribution in [2.45, 2.75) is 38.3 Å². The van der Waals surface area contributed by atoms with Crippen LogP contribution in [-0.4, -0.2) is 23.8 Å². The molecule has 0 unspecified atom stereocenters. The number of aliphatic hydroxyl groups is 1. The highest BCUT2D eigenvalue weighted by Crippen LogP contribution is 2.36. The predicted octanol–water partition coefficient (Wildman–Crippen LogP) is 0.755. The Labute approximate surface area is 62.6 Å². The standard InChI is InChI=1S/C8H17NO/c1-8(2,10)7(9-3)6-4-5-6/h6-7,9-10H,4-5H2,1-3H3/t7-/m0/s1. The molecule has 0 amide bonds. The zero-order valence-corrected chi connectivity index (χ0v) is 7.02. The molecule has 60 valence electrons. The van der Waals surface area contributed by atoms with Crippen molar-refractivity contribution in [3.8, 4) is 0 Å². The van der Waals surface area contributed by atoms with Crippen LogP contribution in [0.2, 0.25) is 0 Å². The Morgan fingerprint density at radius 3 is 2.10 bits per heavy atom. The fourth-order valence-electron chi connectivity index (χ4n) is 1.60. The van der Waals surface area contributed by atoms with Crippen molar-refractivity contribution in [2.24, 2.45) is 5.92 Å². The van der Waals surface area contributed by atoms with Crippen molar-refractivity contribution < 1.29 is 5.11 Å². The molecule has 2 nitrogen and oxygen atoms in total. The highest BCUT2D eigenvalue weighted by atomic mass is 16.3. The first-order valence-electron chi connectivity index (χ1n) is 3.95. The molecule has 0 bridgehead atoms. The van der Waals surface area contributed by atoms with Gasteiger partial charge in [0.25, 0.3) is 0 Å². The van der Waals surface area contributed by atoms with E-state index in [1.807, 2.05) is 20.9 Å². The zero-order valence-electron chi connectivity index (χ0n) is 7.02. The van der Waals surface area contributed by atoms with Crippen LogP contribution in [0, 0.1) is 5.92 Å². The molecule has 0 aromatic rings. The van der Waals surface area contributed by atoms with E-state index in [1.165, 1.54) is 12.8 Å². The molecule has 0 aliphatic heterocycles. The number of hydrogen-bond acceptors (Lipinski definition) is 2. The van der Waals surface area contributed by atoms with E-state index in [1.54, 1.807) is 0 Å². The molecule has 0 saturated heterocycles. The summed E-state index contributed by atoms with van der Waals surface area (Å²) >= 11 is 0. The third-order valence-electron chi connectivity index (χ3n) is 2.17. The largest absolute Gasteiger partial charge is 0.389 e. The summed E-state index contributed by atoms with van der Waals surface area (Å²) in [6.45, 7) is 3.74. The van der Waals surface area contributed by atoms with Gasteiger partial charge >= 0.3 is 0 Å². The van der Waals surface area contributed by atoms with Gasteiger partial charge < -0.3 is 10.4 Å². The Hall–Kier alpha value is -0.0800. The van der Waals surface area contributed by atoms with Crippen LogP contribution in [0.15, 0.2) is 0 Å². The molecule has 0 spiro atoms. The summed E-state index contributed by atoms with van der Waals surface area (Å²) in [5.41, 5.74) is -0.560. The summed E-state index contributed by atoms with van der Waals surface area (Å²) in [7, 11) is 1.92. The van der Waals surface area contributed by atoms with Gasteiger partial charge in [0.05, 0.1) is 5.60 Å². The van der Waals surface area contributed by atoms with Gasteiger partial charge in [-0.25, -0.2) is 0 Å². The molecule has 2 heteroatoms. The van der Waals surface area contributed by atoms with Crippen LogP contribution in [0.25, 0.3) is 0 Å². The molecular formula is C8H17NO. The van der Waals surface area contributed by atoms with Crippen molar-refractivity contribution in [3.05, 3.63) is 0 Å². The molecule has 10 heavy (non-hydrogen) atoms. The third kappa shape index (κ3) is 1.70. The minimum Gasteiger partial charge on any atom is -0.389 e. The summed E-state index contributed by atoms with van der Waals surface area (Å²) in [5, 5.41) is 12.8. The molecule has 0 radical (unpaired) electrons. The van der Waals surface area contributed by atoms with Crippen LogP contribution < -0.4 is 5.32 Å². The number of nitrogens with one attached hydrogen (secondary N) is 1. The van der Waals surface area contributed by atoms with Crippen LogP contribution in [-0.2, 0) is 0 Å². The fourth-order valence-corrected chi connectivity index (χ4v) is 1.60. The molecule has 0 aromatic carbocycles. The van der Waals surface area contributed by atoms with E-state index >= 15 is 0 Å². The average molecular weight is 143 g/mol. The Morgan fingerprint density at radius 2 is 2.00 bits per heavy atom. The molecule has 1 fully saturated rings. The summed E-state index contributed by atoms with van der Waals surface area (Å²) in [6, 6.07) is 0.285. The van der Waals surface area contributed by atoms with Gasteiger partial charge in [0.2, 0.25) is 0 Å². The quantitative estimate of drug-likeness (QED) is 0.611. The number of likely N-dealkylation sites (N-methyl/N-ethyl adjacent to an activating group) is 1. The fraction of sp³-hybridized carbons (Fsp3) is 1.00. The smallest absolute Gasteiger partial charge is 0.0746 e. The number of rotatable bonds is 3. The van der Waals surface area contributed by atoms with Gasteiger partial charge in [0, 0.05) is 6.04 Å². The molecule has 0 aromatic heterocycles. The van der Waals surface area contributed by atoms with Crippen LogP contribution in [0.5, 0.6) is 0 Å². The average Bonchev–Trinajstić information content (AvgIpc) is 2.46. The van der Waals surface area contributed by atoms with Crippen LogP contribution in [0.3, 0.4) is 0 Å². The lowest BCUT2D eigenvalue weighted by atomic mass is 9.95. The van der Waals surface area contributed by atoms with E-state index < -0.39 is 5.60 Å². The first-order chi connectivity index (χ1) is 4.55. The van der Waals surface area contributed by atoms with Crippen molar-refractivity contribution >= 4 is 0 Å². The van der Waals surface area contributed by atoms with E-state index in [2.05, 4.69) is 5.32 Å². The first kappa shape index (κ1) is 8.02. The molecule has 1 rings (SSSR count). The van der Waals surface area contributed by atoms with E-state index in [9.17, 15) is 5.11 Å². The molecule has 1 aliphatic rings. The molecule has 2 N–H and O–H groups in total. The normalized spacial score (nSPS) is 22.8. The summed E-state index contributed by atoms with van der Waals surface area (Å²) in [4.78, 5) is 0. The molecule has 1 atom stereocenters. The van der Waals surface area contributed by atoms with Crippen LogP contribution in [0.1, 0.15) is 26.7 Å². The second-order valence-electron chi connectivity index (χ2n) is 3.76. The van der Waals surface area contributed by atoms with Gasteiger partial charge in [-0.15, -0.1) is 0 Å². The molecule has 1 aliphatic carbocycles. The minimum absolute atomic E-state index is 0.285. The second-order valence-corrected chi connectivity index (χ2v) is 3.76. The van der Waals surface area contributed by atoms with Crippen molar-refractivity contribution in [2.75, 3.05) is 7.05 Å². The van der Waals surface area contributed by atoms with Crippen molar-refractivity contribution in [1.29, 1.82) is 0 Å². The molecule has 1 saturated carbocycles. The minimum atomic E-state index is -0.560. The van der Waals surface area contributed by atoms with Gasteiger partial charge in [0.1, 0.15) is 0 Å². The Kier molecular flexibility index (Phi) is 2.02. The highest BCUT2D eigenvalue weighted by molar-refractivity contribution is 4.94. The van der Waals surface area contributed by atoms with Gasteiger partial charge in [0.15, 0.2) is 0 Å². The van der Waals surface area contributed by atoms with E-state index in [0.29, 0.717) is 5.92 Å². The SMILES string of the molecule is CN[C@@H](C1CC1)C(C)(C)O. The van der Waals surface area contributed by atoms with Gasteiger partial charge in [-0.1, -0.05) is 0 Å². The van der Waals surface area contributed by atoms with Crippen molar-refractivity contribution in [3.63, 3.8) is 0 Å². The van der Waals surface area contributed by atoms with E-state index in [4.69, 9.17) is 0 Å². The van der Waals surface area contributed by atoms with Gasteiger partial charge in [-0.2, -0.15) is 0 Å². The van der Waals surface area contributed by atoms with E-state index in [0.717, 1.165) is 0 Å². The predicted molar refractivity (Wildman–Crippen MR) is 41.9 cm³/mol. The summed E-state index contributed by atoms with van der Waals surface area (Å²) in [5.74, 6) is 0.713. The van der Waals surface area contributed by atoms with Crippen LogP contribution >= 0.6 is 0 Å². The maximum absolute atomic E-state index is 9.63. The lowest BCUT2D eigenvalue weighted by Crippen LogP contribution is -2.46. The maximum atomic E-state index is 9.63. The van der Waals surface area contributed by atoms with Crippen molar-refractivity contribution in [1.82, 2.24) is 5.32 Å². The lowest BCUT2D eigenvalue weighted by Gasteiger charge is -2.28. The van der Waals surface area contributed by atoms with Gasteiger partial charge in [-0.05, 0) is 39.7 Å². The highest BCUT2D eigenvalue weighted by Gasteiger charge is 2.38. The molecule has 0 heterocycles. The Balaban J connectivity index is 2.46. The van der Waals surface area contributed by atoms with Crippen LogP contribution in [0.4, 0.5) is 0 Å². The molecular weight excluding hydrogens is 126 g/mol. The Bertz CT molecular complexity index is 113. The summed E-state index contributed by atoms with van der Waals surface area (Å²) in [6.07, 6.45) is 2.55. The second kappa shape index (κ2) is 2.51. The number of hydrogen-bond donors (Lipinski definition) is 2. The van der Waals surface area contributed by atoms with E-state index in [-0.39, 0.29) is 6.04 Å². The zero-order chi connectivity index (χ0) is 7.78. The Morgan fingerprint density at radius 1 is 1.50 bits per heavy atom. The first-order valence-corrected chi connectivity index (χ1v) is 3.95. The lowest BCUT2D eigenvalue weighted by molar-refractivity contribution is 0.0323. The topological polar surface area (TPSA) is 32.3 Å². The third-order valence-corrected chi connectivity index (χ3v) is 2.17. The summed E-state index contributed by atoms with van der Waals surface area (Å²) < 4.78 is 0. The van der Waals surface area contributed by atoms with Gasteiger partial charge in [-0.3, -0.25) is 0 Å².